The number of halogens is 2. The SMILES string of the molecule is C[C@]1(c2ccccc2)NC(=O)N(CC(=O)Nc2cc(F)ccc2F)C1=O. The lowest BCUT2D eigenvalue weighted by Crippen LogP contribution is -2.42. The molecule has 0 bridgehead atoms. The van der Waals surface area contributed by atoms with Crippen LogP contribution in [0, 0.1) is 11.6 Å². The molecular weight excluding hydrogens is 344 g/mol. The van der Waals surface area contributed by atoms with Gasteiger partial charge in [0.1, 0.15) is 23.7 Å². The zero-order valence-corrected chi connectivity index (χ0v) is 13.8. The van der Waals surface area contributed by atoms with Crippen LogP contribution in [0.25, 0.3) is 0 Å². The van der Waals surface area contributed by atoms with E-state index in [-0.39, 0.29) is 5.69 Å². The molecule has 4 amide bonds. The summed E-state index contributed by atoms with van der Waals surface area (Å²) < 4.78 is 26.8. The highest BCUT2D eigenvalue weighted by Gasteiger charge is 2.49. The van der Waals surface area contributed by atoms with E-state index >= 15 is 0 Å². The third kappa shape index (κ3) is 3.13. The van der Waals surface area contributed by atoms with Gasteiger partial charge in [-0.1, -0.05) is 30.3 Å². The largest absolute Gasteiger partial charge is 0.325 e. The van der Waals surface area contributed by atoms with E-state index < -0.39 is 41.6 Å². The number of nitrogens with zero attached hydrogens (tertiary/aromatic N) is 1. The van der Waals surface area contributed by atoms with Gasteiger partial charge in [0.25, 0.3) is 5.91 Å². The fourth-order valence-corrected chi connectivity index (χ4v) is 2.73. The average molecular weight is 359 g/mol. The van der Waals surface area contributed by atoms with Gasteiger partial charge in [-0.3, -0.25) is 14.5 Å². The molecule has 1 atom stereocenters. The second kappa shape index (κ2) is 6.55. The summed E-state index contributed by atoms with van der Waals surface area (Å²) in [5.41, 5.74) is -1.10. The highest BCUT2D eigenvalue weighted by atomic mass is 19.1. The first-order valence-corrected chi connectivity index (χ1v) is 7.76. The Hall–Kier alpha value is -3.29. The van der Waals surface area contributed by atoms with E-state index in [0.29, 0.717) is 5.56 Å². The second-order valence-corrected chi connectivity index (χ2v) is 5.98. The van der Waals surface area contributed by atoms with Crippen LogP contribution in [0.5, 0.6) is 0 Å². The van der Waals surface area contributed by atoms with Crippen LogP contribution in [-0.4, -0.2) is 29.3 Å². The minimum Gasteiger partial charge on any atom is -0.322 e. The van der Waals surface area contributed by atoms with Gasteiger partial charge in [-0.15, -0.1) is 0 Å². The van der Waals surface area contributed by atoms with E-state index in [1.807, 2.05) is 0 Å². The van der Waals surface area contributed by atoms with Crippen molar-refractivity contribution in [2.24, 2.45) is 0 Å². The highest BCUT2D eigenvalue weighted by molar-refractivity contribution is 6.10. The maximum absolute atomic E-state index is 13.6. The van der Waals surface area contributed by atoms with Gasteiger partial charge in [0.2, 0.25) is 5.91 Å². The van der Waals surface area contributed by atoms with Crippen molar-refractivity contribution < 1.29 is 23.2 Å². The van der Waals surface area contributed by atoms with E-state index in [1.54, 1.807) is 30.3 Å². The number of urea groups is 1. The Morgan fingerprint density at radius 2 is 1.85 bits per heavy atom. The molecule has 2 N–H and O–H groups in total. The number of imide groups is 1. The standard InChI is InChI=1S/C18H15F2N3O3/c1-18(11-5-3-2-4-6-11)16(25)23(17(26)22-18)10-15(24)21-14-9-12(19)7-8-13(14)20/h2-9H,10H2,1H3,(H,21,24)(H,22,26)/t18-/m1/s1. The normalized spacial score (nSPS) is 19.4. The predicted molar refractivity (Wildman–Crippen MR) is 89.0 cm³/mol. The van der Waals surface area contributed by atoms with Crippen LogP contribution in [0.15, 0.2) is 48.5 Å². The molecule has 1 aliphatic rings. The summed E-state index contributed by atoms with van der Waals surface area (Å²) in [7, 11) is 0. The highest BCUT2D eigenvalue weighted by Crippen LogP contribution is 2.28. The van der Waals surface area contributed by atoms with Crippen LogP contribution < -0.4 is 10.6 Å². The molecule has 0 aromatic heterocycles. The monoisotopic (exact) mass is 359 g/mol. The van der Waals surface area contributed by atoms with Crippen molar-refractivity contribution >= 4 is 23.5 Å². The molecule has 0 saturated carbocycles. The van der Waals surface area contributed by atoms with Crippen molar-refractivity contribution in [1.82, 2.24) is 10.2 Å². The summed E-state index contributed by atoms with van der Waals surface area (Å²) >= 11 is 0. The minimum atomic E-state index is -1.30. The van der Waals surface area contributed by atoms with Gasteiger partial charge in [-0.25, -0.2) is 13.6 Å². The molecule has 8 heteroatoms. The molecule has 1 saturated heterocycles. The summed E-state index contributed by atoms with van der Waals surface area (Å²) in [6.07, 6.45) is 0. The van der Waals surface area contributed by atoms with Crippen LogP contribution in [0.1, 0.15) is 12.5 Å². The molecule has 1 aliphatic heterocycles. The number of hydrogen-bond donors (Lipinski definition) is 2. The van der Waals surface area contributed by atoms with Crippen molar-refractivity contribution in [2.75, 3.05) is 11.9 Å². The molecule has 3 rings (SSSR count). The lowest BCUT2D eigenvalue weighted by atomic mass is 9.92. The van der Waals surface area contributed by atoms with E-state index in [1.165, 1.54) is 6.92 Å². The van der Waals surface area contributed by atoms with Gasteiger partial charge in [0.05, 0.1) is 5.69 Å². The smallest absolute Gasteiger partial charge is 0.322 e. The predicted octanol–water partition coefficient (Wildman–Crippen LogP) is 2.37. The quantitative estimate of drug-likeness (QED) is 0.823. The van der Waals surface area contributed by atoms with E-state index in [0.717, 1.165) is 23.1 Å². The molecule has 2 aromatic rings. The number of amides is 4. The number of benzene rings is 2. The molecule has 1 fully saturated rings. The summed E-state index contributed by atoms with van der Waals surface area (Å²) in [5.74, 6) is -2.99. The molecule has 26 heavy (non-hydrogen) atoms. The Morgan fingerprint density at radius 3 is 2.54 bits per heavy atom. The zero-order valence-electron chi connectivity index (χ0n) is 13.8. The van der Waals surface area contributed by atoms with E-state index in [2.05, 4.69) is 10.6 Å². The third-order valence-electron chi connectivity index (χ3n) is 4.13. The Bertz CT molecular complexity index is 889. The maximum Gasteiger partial charge on any atom is 0.325 e. The molecule has 0 spiro atoms. The Balaban J connectivity index is 1.76. The topological polar surface area (TPSA) is 78.5 Å². The molecule has 1 heterocycles. The number of anilines is 1. The molecule has 6 nitrogen and oxygen atoms in total. The van der Waals surface area contributed by atoms with Crippen molar-refractivity contribution in [3.05, 3.63) is 65.7 Å². The minimum absolute atomic E-state index is 0.368. The molecule has 0 unspecified atom stereocenters. The molecule has 0 aliphatic carbocycles. The molecular formula is C18H15F2N3O3. The molecule has 2 aromatic carbocycles. The zero-order chi connectivity index (χ0) is 18.9. The van der Waals surface area contributed by atoms with Gasteiger partial charge >= 0.3 is 6.03 Å². The third-order valence-corrected chi connectivity index (χ3v) is 4.13. The number of carbonyl (C=O) groups is 3. The van der Waals surface area contributed by atoms with E-state index in [9.17, 15) is 23.2 Å². The summed E-state index contributed by atoms with van der Waals surface area (Å²) in [6, 6.07) is 10.4. The maximum atomic E-state index is 13.6. The second-order valence-electron chi connectivity index (χ2n) is 5.98. The first-order chi connectivity index (χ1) is 12.3. The summed E-state index contributed by atoms with van der Waals surface area (Å²) in [6.45, 7) is 0.912. The molecule has 0 radical (unpaired) electrons. The van der Waals surface area contributed by atoms with Gasteiger partial charge < -0.3 is 10.6 Å². The Morgan fingerprint density at radius 1 is 1.15 bits per heavy atom. The first-order valence-electron chi connectivity index (χ1n) is 7.76. The Labute approximate surface area is 147 Å². The van der Waals surface area contributed by atoms with Gasteiger partial charge in [0.15, 0.2) is 0 Å². The van der Waals surface area contributed by atoms with Crippen LogP contribution in [-0.2, 0) is 15.1 Å². The number of rotatable bonds is 4. The van der Waals surface area contributed by atoms with Crippen molar-refractivity contribution in [1.29, 1.82) is 0 Å². The van der Waals surface area contributed by atoms with Crippen LogP contribution in [0.4, 0.5) is 19.3 Å². The first kappa shape index (κ1) is 17.5. The number of hydrogen-bond acceptors (Lipinski definition) is 3. The fourth-order valence-electron chi connectivity index (χ4n) is 2.73. The van der Waals surface area contributed by atoms with E-state index in [4.69, 9.17) is 0 Å². The lowest BCUT2D eigenvalue weighted by molar-refractivity contribution is -0.133. The fraction of sp³-hybridized carbons (Fsp3) is 0.167. The van der Waals surface area contributed by atoms with Gasteiger partial charge in [0, 0.05) is 6.07 Å². The van der Waals surface area contributed by atoms with Crippen molar-refractivity contribution in [3.63, 3.8) is 0 Å². The number of nitrogens with one attached hydrogen (secondary N) is 2. The van der Waals surface area contributed by atoms with Crippen LogP contribution >= 0.6 is 0 Å². The van der Waals surface area contributed by atoms with Crippen molar-refractivity contribution in [2.45, 2.75) is 12.5 Å². The number of carbonyl (C=O) groups excluding carboxylic acids is 3. The summed E-state index contributed by atoms with van der Waals surface area (Å²) in [5, 5.41) is 4.72. The molecule has 134 valence electrons. The lowest BCUT2D eigenvalue weighted by Gasteiger charge is -2.22. The van der Waals surface area contributed by atoms with Crippen LogP contribution in [0.2, 0.25) is 0 Å². The average Bonchev–Trinajstić information content (AvgIpc) is 2.83. The Kier molecular flexibility index (Phi) is 4.41. The summed E-state index contributed by atoms with van der Waals surface area (Å²) in [4.78, 5) is 37.7. The van der Waals surface area contributed by atoms with Crippen molar-refractivity contribution in [3.8, 4) is 0 Å². The van der Waals surface area contributed by atoms with Gasteiger partial charge in [-0.05, 0) is 24.6 Å². The van der Waals surface area contributed by atoms with Gasteiger partial charge in [-0.2, -0.15) is 0 Å². The van der Waals surface area contributed by atoms with Crippen LogP contribution in [0.3, 0.4) is 0 Å².